The number of hydrogen-bond acceptors (Lipinski definition) is 2. The number of rotatable bonds is 3. The maximum atomic E-state index is 10.7. The van der Waals surface area contributed by atoms with E-state index in [4.69, 9.17) is 16.3 Å². The first-order chi connectivity index (χ1) is 8.10. The summed E-state index contributed by atoms with van der Waals surface area (Å²) in [6, 6.07) is 0. The highest BCUT2D eigenvalue weighted by Gasteiger charge is 2.36. The quantitative estimate of drug-likeness (QED) is 0.646. The summed E-state index contributed by atoms with van der Waals surface area (Å²) in [5.74, 6) is 0.724. The molecule has 0 aromatic rings. The highest BCUT2D eigenvalue weighted by Crippen LogP contribution is 2.45. The van der Waals surface area contributed by atoms with Gasteiger partial charge in [-0.1, -0.05) is 34.6 Å². The summed E-state index contributed by atoms with van der Waals surface area (Å²) in [5, 5.41) is 0. The molecule has 0 unspecified atom stereocenters. The van der Waals surface area contributed by atoms with Crippen LogP contribution < -0.4 is 0 Å². The first kappa shape index (κ1) is 15.8. The molecule has 0 aromatic heterocycles. The van der Waals surface area contributed by atoms with Gasteiger partial charge in [-0.3, -0.25) is 0 Å². The lowest BCUT2D eigenvalue weighted by molar-refractivity contribution is 0.0384. The van der Waals surface area contributed by atoms with E-state index in [9.17, 15) is 4.79 Å². The molecule has 1 fully saturated rings. The molecule has 0 spiro atoms. The Morgan fingerprint density at radius 2 is 1.61 bits per heavy atom. The average molecular weight is 275 g/mol. The van der Waals surface area contributed by atoms with Gasteiger partial charge in [0, 0.05) is 11.6 Å². The van der Waals surface area contributed by atoms with Crippen molar-refractivity contribution < 1.29 is 9.53 Å². The fourth-order valence-corrected chi connectivity index (χ4v) is 3.73. The maximum Gasteiger partial charge on any atom is 0.404 e. The summed E-state index contributed by atoms with van der Waals surface area (Å²) in [5.41, 5.74) is 0.0596. The largest absolute Gasteiger partial charge is 0.450 e. The van der Waals surface area contributed by atoms with E-state index >= 15 is 0 Å². The lowest BCUT2D eigenvalue weighted by Crippen LogP contribution is -2.34. The summed E-state index contributed by atoms with van der Waals surface area (Å²) in [6.45, 7) is 11.6. The molecule has 18 heavy (non-hydrogen) atoms. The zero-order chi connectivity index (χ0) is 14.0. The number of carbonyl (C=O) groups excluding carboxylic acids is 1. The summed E-state index contributed by atoms with van der Waals surface area (Å²) in [6.07, 6.45) is 5.45. The van der Waals surface area contributed by atoms with Gasteiger partial charge < -0.3 is 4.74 Å². The molecule has 1 aliphatic carbocycles. The Morgan fingerprint density at radius 3 is 2.00 bits per heavy atom. The van der Waals surface area contributed by atoms with Crippen molar-refractivity contribution >= 4 is 17.0 Å². The van der Waals surface area contributed by atoms with E-state index in [1.54, 1.807) is 0 Å². The Labute approximate surface area is 116 Å². The molecule has 1 rings (SSSR count). The molecule has 0 N–H and O–H groups in total. The van der Waals surface area contributed by atoms with Crippen LogP contribution in [-0.2, 0) is 4.74 Å². The van der Waals surface area contributed by atoms with Crippen molar-refractivity contribution in [2.75, 3.05) is 0 Å². The molecule has 2 nitrogen and oxygen atoms in total. The molecule has 0 atom stereocenters. The molecular weight excluding hydrogens is 248 g/mol. The first-order valence-corrected chi connectivity index (χ1v) is 7.34. The van der Waals surface area contributed by atoms with Crippen LogP contribution in [0.25, 0.3) is 0 Å². The lowest BCUT2D eigenvalue weighted by Gasteiger charge is -2.42. The summed E-state index contributed by atoms with van der Waals surface area (Å²) in [4.78, 5) is 10.7. The Bertz CT molecular complexity index is 283. The van der Waals surface area contributed by atoms with E-state index in [1.165, 1.54) is 6.42 Å². The van der Waals surface area contributed by atoms with Crippen LogP contribution in [0.15, 0.2) is 0 Å². The second-order valence-corrected chi connectivity index (χ2v) is 7.86. The van der Waals surface area contributed by atoms with Crippen molar-refractivity contribution in [2.24, 2.45) is 16.7 Å². The third-order valence-corrected chi connectivity index (χ3v) is 4.11. The van der Waals surface area contributed by atoms with Gasteiger partial charge in [0.25, 0.3) is 0 Å². The molecule has 0 bridgehead atoms. The highest BCUT2D eigenvalue weighted by molar-refractivity contribution is 6.61. The molecule has 0 aliphatic heterocycles. The van der Waals surface area contributed by atoms with Crippen LogP contribution >= 0.6 is 11.6 Å². The van der Waals surface area contributed by atoms with Crippen LogP contribution in [0, 0.1) is 16.7 Å². The Balaban J connectivity index is 2.49. The third-order valence-electron chi connectivity index (χ3n) is 4.02. The fourth-order valence-electron chi connectivity index (χ4n) is 3.60. The minimum atomic E-state index is -0.660. The lowest BCUT2D eigenvalue weighted by atomic mass is 9.64. The number of hydrogen-bond donors (Lipinski definition) is 0. The van der Waals surface area contributed by atoms with Gasteiger partial charge in [-0.2, -0.15) is 0 Å². The normalized spacial score (nSPS) is 25.9. The number of halogens is 1. The van der Waals surface area contributed by atoms with E-state index in [1.807, 2.05) is 0 Å². The van der Waals surface area contributed by atoms with Crippen LogP contribution in [0.2, 0.25) is 0 Å². The van der Waals surface area contributed by atoms with Gasteiger partial charge in [0.1, 0.15) is 6.10 Å². The van der Waals surface area contributed by atoms with E-state index < -0.39 is 5.43 Å². The summed E-state index contributed by atoms with van der Waals surface area (Å²) >= 11 is 5.26. The predicted molar refractivity (Wildman–Crippen MR) is 75.9 cm³/mol. The van der Waals surface area contributed by atoms with Gasteiger partial charge in [0.2, 0.25) is 0 Å². The zero-order valence-corrected chi connectivity index (χ0v) is 13.1. The number of carbonyl (C=O) groups is 1. The molecular formula is C15H27ClO2. The van der Waals surface area contributed by atoms with Crippen molar-refractivity contribution in [3.05, 3.63) is 0 Å². The van der Waals surface area contributed by atoms with Crippen LogP contribution in [0.4, 0.5) is 4.79 Å². The van der Waals surface area contributed by atoms with Gasteiger partial charge >= 0.3 is 5.43 Å². The molecule has 0 heterocycles. The smallest absolute Gasteiger partial charge is 0.404 e. The number of ether oxygens (including phenoxy) is 1. The van der Waals surface area contributed by atoms with Gasteiger partial charge in [-0.25, -0.2) is 4.79 Å². The van der Waals surface area contributed by atoms with Crippen molar-refractivity contribution in [3.8, 4) is 0 Å². The highest BCUT2D eigenvalue weighted by atomic mass is 35.5. The molecule has 1 aliphatic rings. The van der Waals surface area contributed by atoms with Gasteiger partial charge in [-0.05, 0) is 48.9 Å². The fraction of sp³-hybridized carbons (Fsp3) is 0.933. The minimum absolute atomic E-state index is 0.0386. The maximum absolute atomic E-state index is 10.7. The van der Waals surface area contributed by atoms with E-state index in [0.717, 1.165) is 31.6 Å². The van der Waals surface area contributed by atoms with Crippen molar-refractivity contribution in [2.45, 2.75) is 72.8 Å². The van der Waals surface area contributed by atoms with Crippen LogP contribution in [0.3, 0.4) is 0 Å². The predicted octanol–water partition coefficient (Wildman–Crippen LogP) is 5.38. The Kier molecular flexibility index (Phi) is 5.11. The third kappa shape index (κ3) is 5.17. The first-order valence-electron chi connectivity index (χ1n) is 6.96. The van der Waals surface area contributed by atoms with E-state index in [-0.39, 0.29) is 6.10 Å². The van der Waals surface area contributed by atoms with E-state index in [0.29, 0.717) is 10.8 Å². The second kappa shape index (κ2) is 5.81. The molecule has 0 radical (unpaired) electrons. The average Bonchev–Trinajstić information content (AvgIpc) is 2.13. The topological polar surface area (TPSA) is 26.3 Å². The van der Waals surface area contributed by atoms with Crippen molar-refractivity contribution in [1.29, 1.82) is 0 Å². The molecule has 0 saturated heterocycles. The molecule has 0 aromatic carbocycles. The second-order valence-electron chi connectivity index (χ2n) is 7.56. The SMILES string of the molecule is CC(C)(C)CC(C)(C)C1CCC(OC(=O)Cl)CC1. The standard InChI is InChI=1S/C15H27ClO2/c1-14(2,3)10-15(4,5)11-6-8-12(9-7-11)18-13(16)17/h11-12H,6-10H2,1-5H3. The van der Waals surface area contributed by atoms with Crippen LogP contribution in [0.5, 0.6) is 0 Å². The Morgan fingerprint density at radius 1 is 1.11 bits per heavy atom. The van der Waals surface area contributed by atoms with Gasteiger partial charge in [0.15, 0.2) is 0 Å². The summed E-state index contributed by atoms with van der Waals surface area (Å²) in [7, 11) is 0. The van der Waals surface area contributed by atoms with Crippen LogP contribution in [-0.4, -0.2) is 11.5 Å². The molecule has 106 valence electrons. The van der Waals surface area contributed by atoms with Gasteiger partial charge in [-0.15, -0.1) is 0 Å². The van der Waals surface area contributed by atoms with Crippen molar-refractivity contribution in [3.63, 3.8) is 0 Å². The molecule has 3 heteroatoms. The molecule has 1 saturated carbocycles. The van der Waals surface area contributed by atoms with Crippen molar-refractivity contribution in [1.82, 2.24) is 0 Å². The van der Waals surface area contributed by atoms with E-state index in [2.05, 4.69) is 34.6 Å². The Hall–Kier alpha value is -0.240. The summed E-state index contributed by atoms with van der Waals surface area (Å²) < 4.78 is 5.08. The molecule has 0 amide bonds. The van der Waals surface area contributed by atoms with Crippen LogP contribution in [0.1, 0.15) is 66.7 Å². The monoisotopic (exact) mass is 274 g/mol. The van der Waals surface area contributed by atoms with Gasteiger partial charge in [0.05, 0.1) is 0 Å². The minimum Gasteiger partial charge on any atom is -0.450 e. The zero-order valence-electron chi connectivity index (χ0n) is 12.4.